The molecule has 102 valence electrons. The molecule has 1 saturated carbocycles. The predicted molar refractivity (Wildman–Crippen MR) is 72.6 cm³/mol. The van der Waals surface area contributed by atoms with E-state index in [1.165, 1.54) is 5.69 Å². The van der Waals surface area contributed by atoms with Gasteiger partial charge in [0.2, 0.25) is 5.95 Å². The number of anilines is 1. The zero-order valence-electron chi connectivity index (χ0n) is 11.6. The highest BCUT2D eigenvalue weighted by atomic mass is 16.3. The Morgan fingerprint density at radius 3 is 2.83 bits per heavy atom. The van der Waals surface area contributed by atoms with Crippen molar-refractivity contribution in [1.82, 2.24) is 14.9 Å². The summed E-state index contributed by atoms with van der Waals surface area (Å²) >= 11 is 0. The monoisotopic (exact) mass is 252 g/mol. The van der Waals surface area contributed by atoms with Gasteiger partial charge in [0, 0.05) is 27.7 Å². The van der Waals surface area contributed by atoms with E-state index in [0.29, 0.717) is 5.92 Å². The molecule has 2 N–H and O–H groups in total. The molecule has 1 aliphatic rings. The van der Waals surface area contributed by atoms with Gasteiger partial charge in [-0.15, -0.1) is 0 Å². The highest BCUT2D eigenvalue weighted by molar-refractivity contribution is 5.30. The highest BCUT2D eigenvalue weighted by Crippen LogP contribution is 2.24. The number of aromatic nitrogens is 2. The molecule has 1 aliphatic carbocycles. The first-order chi connectivity index (χ1) is 8.58. The zero-order chi connectivity index (χ0) is 13.1. The lowest BCUT2D eigenvalue weighted by atomic mass is 10.1. The Hall–Kier alpha value is -1.07. The summed E-state index contributed by atoms with van der Waals surface area (Å²) < 4.78 is 2.11. The van der Waals surface area contributed by atoms with E-state index in [-0.39, 0.29) is 6.10 Å². The topological polar surface area (TPSA) is 53.3 Å². The summed E-state index contributed by atoms with van der Waals surface area (Å²) in [6.45, 7) is 1.82. The maximum atomic E-state index is 9.48. The van der Waals surface area contributed by atoms with Crippen molar-refractivity contribution < 1.29 is 5.11 Å². The Morgan fingerprint density at radius 1 is 1.50 bits per heavy atom. The van der Waals surface area contributed by atoms with Crippen LogP contribution in [0.15, 0.2) is 6.20 Å². The summed E-state index contributed by atoms with van der Waals surface area (Å²) in [7, 11) is 6.04. The van der Waals surface area contributed by atoms with Gasteiger partial charge in [-0.1, -0.05) is 0 Å². The van der Waals surface area contributed by atoms with E-state index in [1.807, 2.05) is 32.2 Å². The Kier molecular flexibility index (Phi) is 4.24. The molecule has 0 radical (unpaired) electrons. The molecular weight excluding hydrogens is 228 g/mol. The Bertz CT molecular complexity index is 388. The normalized spacial score (nSPS) is 23.6. The number of rotatable bonds is 5. The van der Waals surface area contributed by atoms with Crippen molar-refractivity contribution in [2.75, 3.05) is 25.5 Å². The molecule has 0 saturated heterocycles. The van der Waals surface area contributed by atoms with Crippen LogP contribution in [0.25, 0.3) is 0 Å². The number of nitrogens with one attached hydrogen (secondary N) is 1. The summed E-state index contributed by atoms with van der Waals surface area (Å²) in [4.78, 5) is 6.40. The fraction of sp³-hybridized carbons (Fsp3) is 0.769. The van der Waals surface area contributed by atoms with Crippen molar-refractivity contribution in [2.45, 2.75) is 31.9 Å². The minimum atomic E-state index is -0.0751. The second-order valence-electron chi connectivity index (χ2n) is 5.47. The summed E-state index contributed by atoms with van der Waals surface area (Å²) in [5, 5.41) is 12.9. The van der Waals surface area contributed by atoms with E-state index in [2.05, 4.69) is 14.9 Å². The number of imidazole rings is 1. The van der Waals surface area contributed by atoms with Crippen LogP contribution in [-0.2, 0) is 13.6 Å². The number of hydrogen-bond acceptors (Lipinski definition) is 4. The average molecular weight is 252 g/mol. The van der Waals surface area contributed by atoms with E-state index >= 15 is 0 Å². The van der Waals surface area contributed by atoms with Crippen molar-refractivity contribution in [3.63, 3.8) is 0 Å². The second kappa shape index (κ2) is 5.71. The standard InChI is InChI=1S/C13H24N4O/c1-16(2)13-15-9-11(17(13)3)8-14-7-10-4-5-12(18)6-10/h9-10,12,14,18H,4-8H2,1-3H3. The number of aliphatic hydroxyl groups excluding tert-OH is 1. The van der Waals surface area contributed by atoms with Crippen LogP contribution >= 0.6 is 0 Å². The lowest BCUT2D eigenvalue weighted by molar-refractivity contribution is 0.177. The van der Waals surface area contributed by atoms with Gasteiger partial charge < -0.3 is 19.9 Å². The smallest absolute Gasteiger partial charge is 0.204 e. The molecule has 2 atom stereocenters. The maximum absolute atomic E-state index is 9.48. The Balaban J connectivity index is 1.80. The lowest BCUT2D eigenvalue weighted by Gasteiger charge is -2.14. The molecule has 1 fully saturated rings. The summed E-state index contributed by atoms with van der Waals surface area (Å²) in [6, 6.07) is 0. The quantitative estimate of drug-likeness (QED) is 0.811. The van der Waals surface area contributed by atoms with Gasteiger partial charge in [0.1, 0.15) is 0 Å². The third-order valence-corrected chi connectivity index (χ3v) is 3.71. The van der Waals surface area contributed by atoms with Crippen LogP contribution in [-0.4, -0.2) is 41.4 Å². The lowest BCUT2D eigenvalue weighted by Crippen LogP contribution is -2.23. The molecule has 0 aliphatic heterocycles. The molecule has 1 aromatic rings. The third-order valence-electron chi connectivity index (χ3n) is 3.71. The first kappa shape index (κ1) is 13.4. The van der Waals surface area contributed by atoms with Crippen LogP contribution in [0, 0.1) is 5.92 Å². The van der Waals surface area contributed by atoms with Crippen LogP contribution in [0.1, 0.15) is 25.0 Å². The van der Waals surface area contributed by atoms with E-state index in [4.69, 9.17) is 0 Å². The molecule has 0 spiro atoms. The molecule has 0 amide bonds. The first-order valence-electron chi connectivity index (χ1n) is 6.64. The van der Waals surface area contributed by atoms with Crippen molar-refractivity contribution >= 4 is 5.95 Å². The molecule has 0 bridgehead atoms. The van der Waals surface area contributed by atoms with Crippen LogP contribution in [0.5, 0.6) is 0 Å². The van der Waals surface area contributed by atoms with Crippen LogP contribution < -0.4 is 10.2 Å². The maximum Gasteiger partial charge on any atom is 0.204 e. The third kappa shape index (κ3) is 3.03. The first-order valence-corrected chi connectivity index (χ1v) is 6.64. The molecule has 0 aromatic carbocycles. The van der Waals surface area contributed by atoms with Gasteiger partial charge >= 0.3 is 0 Å². The summed E-state index contributed by atoms with van der Waals surface area (Å²) in [5.74, 6) is 1.60. The minimum Gasteiger partial charge on any atom is -0.393 e. The summed E-state index contributed by atoms with van der Waals surface area (Å²) in [6.07, 6.45) is 4.90. The van der Waals surface area contributed by atoms with Crippen molar-refractivity contribution in [1.29, 1.82) is 0 Å². The van der Waals surface area contributed by atoms with E-state index in [0.717, 1.165) is 38.3 Å². The van der Waals surface area contributed by atoms with E-state index < -0.39 is 0 Å². The van der Waals surface area contributed by atoms with Gasteiger partial charge in [-0.3, -0.25) is 0 Å². The molecule has 5 heteroatoms. The number of nitrogens with zero attached hydrogens (tertiary/aromatic N) is 3. The summed E-state index contributed by atoms with van der Waals surface area (Å²) in [5.41, 5.74) is 1.19. The van der Waals surface area contributed by atoms with Gasteiger partial charge in [0.15, 0.2) is 0 Å². The SMILES string of the molecule is CN(C)c1ncc(CNCC2CCC(O)C2)n1C. The molecule has 2 unspecified atom stereocenters. The van der Waals surface area contributed by atoms with Gasteiger partial charge in [0.25, 0.3) is 0 Å². The number of aliphatic hydroxyl groups is 1. The van der Waals surface area contributed by atoms with Crippen LogP contribution in [0.4, 0.5) is 5.95 Å². The van der Waals surface area contributed by atoms with E-state index in [1.54, 1.807) is 0 Å². The predicted octanol–water partition coefficient (Wildman–Crippen LogP) is 0.737. The van der Waals surface area contributed by atoms with Gasteiger partial charge in [-0.05, 0) is 31.7 Å². The molecular formula is C13H24N4O. The second-order valence-corrected chi connectivity index (χ2v) is 5.47. The molecule has 5 nitrogen and oxygen atoms in total. The molecule has 1 heterocycles. The van der Waals surface area contributed by atoms with Crippen molar-refractivity contribution in [2.24, 2.45) is 13.0 Å². The largest absolute Gasteiger partial charge is 0.393 e. The number of hydrogen-bond donors (Lipinski definition) is 2. The van der Waals surface area contributed by atoms with Gasteiger partial charge in [-0.2, -0.15) is 0 Å². The highest BCUT2D eigenvalue weighted by Gasteiger charge is 2.22. The average Bonchev–Trinajstić information content (AvgIpc) is 2.87. The fourth-order valence-corrected chi connectivity index (χ4v) is 2.65. The van der Waals surface area contributed by atoms with Gasteiger partial charge in [-0.25, -0.2) is 4.98 Å². The Morgan fingerprint density at radius 2 is 2.28 bits per heavy atom. The minimum absolute atomic E-state index is 0.0751. The molecule has 2 rings (SSSR count). The van der Waals surface area contributed by atoms with E-state index in [9.17, 15) is 5.11 Å². The Labute approximate surface area is 109 Å². The van der Waals surface area contributed by atoms with Crippen molar-refractivity contribution in [3.05, 3.63) is 11.9 Å². The van der Waals surface area contributed by atoms with Crippen LogP contribution in [0.3, 0.4) is 0 Å². The molecule has 1 aromatic heterocycles. The molecule has 18 heavy (non-hydrogen) atoms. The van der Waals surface area contributed by atoms with Crippen LogP contribution in [0.2, 0.25) is 0 Å². The van der Waals surface area contributed by atoms with Gasteiger partial charge in [0.05, 0.1) is 18.0 Å². The fourth-order valence-electron chi connectivity index (χ4n) is 2.65. The van der Waals surface area contributed by atoms with Crippen molar-refractivity contribution in [3.8, 4) is 0 Å². The zero-order valence-corrected chi connectivity index (χ0v) is 11.6.